The van der Waals surface area contributed by atoms with Gasteiger partial charge in [-0.05, 0) is 50.7 Å². The van der Waals surface area contributed by atoms with Crippen LogP contribution in [0.4, 0.5) is 9.59 Å². The molecule has 0 aliphatic heterocycles. The minimum atomic E-state index is -0.989. The van der Waals surface area contributed by atoms with E-state index in [0.29, 0.717) is 18.9 Å². The van der Waals surface area contributed by atoms with Crippen molar-refractivity contribution in [2.24, 2.45) is 5.92 Å². The minimum absolute atomic E-state index is 0.0884. The lowest BCUT2D eigenvalue weighted by Crippen LogP contribution is -2.54. The second-order valence-electron chi connectivity index (χ2n) is 10.4. The molecule has 0 aliphatic carbocycles. The molecule has 0 spiro atoms. The van der Waals surface area contributed by atoms with Gasteiger partial charge in [0.1, 0.15) is 6.61 Å². The van der Waals surface area contributed by atoms with Crippen molar-refractivity contribution >= 4 is 12.1 Å². The smallest absolute Gasteiger partial charge is 0.407 e. The van der Waals surface area contributed by atoms with Crippen molar-refractivity contribution < 1.29 is 19.4 Å². The molecule has 2 atom stereocenters. The fraction of sp³-hybridized carbons (Fsp3) is 0.500. The molecule has 192 valence electrons. The lowest BCUT2D eigenvalue weighted by molar-refractivity contribution is 0.0765. The molecule has 2 aromatic carbocycles. The van der Waals surface area contributed by atoms with Gasteiger partial charge in [0.15, 0.2) is 0 Å². The van der Waals surface area contributed by atoms with Gasteiger partial charge < -0.3 is 25.4 Å². The third-order valence-corrected chi connectivity index (χ3v) is 5.43. The largest absolute Gasteiger partial charge is 0.445 e. The van der Waals surface area contributed by atoms with Gasteiger partial charge in [0.25, 0.3) is 0 Å². The molecular formula is C28H41N3O4. The summed E-state index contributed by atoms with van der Waals surface area (Å²) in [4.78, 5) is 27.2. The fourth-order valence-corrected chi connectivity index (χ4v) is 3.51. The molecule has 7 heteroatoms. The third kappa shape index (κ3) is 11.3. The zero-order valence-electron chi connectivity index (χ0n) is 21.7. The summed E-state index contributed by atoms with van der Waals surface area (Å²) in [5.74, 6) is 0.406. The van der Waals surface area contributed by atoms with Gasteiger partial charge in [0, 0.05) is 12.1 Å². The minimum Gasteiger partial charge on any atom is -0.445 e. The number of ether oxygens (including phenoxy) is 1. The Morgan fingerprint density at radius 2 is 1.54 bits per heavy atom. The third-order valence-electron chi connectivity index (χ3n) is 5.43. The number of benzene rings is 2. The number of urea groups is 1. The molecule has 35 heavy (non-hydrogen) atoms. The topological polar surface area (TPSA) is 90.9 Å². The number of amides is 3. The van der Waals surface area contributed by atoms with E-state index >= 15 is 0 Å². The molecule has 0 radical (unpaired) electrons. The van der Waals surface area contributed by atoms with Crippen molar-refractivity contribution in [3.8, 4) is 0 Å². The highest BCUT2D eigenvalue weighted by molar-refractivity contribution is 5.75. The molecule has 0 aromatic heterocycles. The molecule has 0 unspecified atom stereocenters. The van der Waals surface area contributed by atoms with Crippen molar-refractivity contribution in [3.05, 3.63) is 71.8 Å². The zero-order chi connectivity index (χ0) is 25.8. The average Bonchev–Trinajstić information content (AvgIpc) is 2.80. The van der Waals surface area contributed by atoms with Crippen LogP contribution in [0.2, 0.25) is 0 Å². The van der Waals surface area contributed by atoms with Gasteiger partial charge in [-0.2, -0.15) is 0 Å². The van der Waals surface area contributed by atoms with Crippen molar-refractivity contribution in [3.63, 3.8) is 0 Å². The second-order valence-corrected chi connectivity index (χ2v) is 10.4. The Morgan fingerprint density at radius 3 is 2.09 bits per heavy atom. The summed E-state index contributed by atoms with van der Waals surface area (Å²) in [5, 5.41) is 17.0. The summed E-state index contributed by atoms with van der Waals surface area (Å²) in [6.07, 6.45) is -0.388. The number of nitrogens with zero attached hydrogens (tertiary/aromatic N) is 1. The van der Waals surface area contributed by atoms with Gasteiger partial charge in [-0.3, -0.25) is 0 Å². The molecule has 3 amide bonds. The van der Waals surface area contributed by atoms with Gasteiger partial charge in [-0.1, -0.05) is 74.5 Å². The number of hydrogen-bond acceptors (Lipinski definition) is 4. The van der Waals surface area contributed by atoms with Crippen LogP contribution in [-0.4, -0.2) is 52.9 Å². The number of aliphatic hydroxyl groups excluding tert-OH is 1. The highest BCUT2D eigenvalue weighted by Gasteiger charge is 2.28. The van der Waals surface area contributed by atoms with E-state index < -0.39 is 23.8 Å². The maximum atomic E-state index is 13.0. The van der Waals surface area contributed by atoms with E-state index in [4.69, 9.17) is 4.74 Å². The zero-order valence-corrected chi connectivity index (χ0v) is 21.7. The van der Waals surface area contributed by atoms with Crippen LogP contribution in [-0.2, 0) is 17.8 Å². The maximum absolute atomic E-state index is 13.0. The maximum Gasteiger partial charge on any atom is 0.407 e. The van der Waals surface area contributed by atoms with Crippen LogP contribution in [0, 0.1) is 5.92 Å². The second kappa shape index (κ2) is 13.7. The van der Waals surface area contributed by atoms with Crippen molar-refractivity contribution in [2.75, 3.05) is 13.1 Å². The van der Waals surface area contributed by atoms with Gasteiger partial charge in [-0.15, -0.1) is 0 Å². The summed E-state index contributed by atoms with van der Waals surface area (Å²) in [7, 11) is 0. The molecule has 2 aromatic rings. The van der Waals surface area contributed by atoms with E-state index in [9.17, 15) is 14.7 Å². The number of aliphatic hydroxyl groups is 1. The van der Waals surface area contributed by atoms with Crippen LogP contribution in [0.15, 0.2) is 60.7 Å². The summed E-state index contributed by atoms with van der Waals surface area (Å²) in [6, 6.07) is 18.2. The predicted octanol–water partition coefficient (Wildman–Crippen LogP) is 4.74. The summed E-state index contributed by atoms with van der Waals surface area (Å²) >= 11 is 0. The normalized spacial score (nSPS) is 13.1. The number of alkyl carbamates (subject to hydrolysis) is 1. The molecular weight excluding hydrogens is 442 g/mol. The number of nitrogens with one attached hydrogen (secondary N) is 2. The van der Waals surface area contributed by atoms with Crippen LogP contribution in [0.25, 0.3) is 0 Å². The molecule has 0 saturated carbocycles. The number of carbonyl (C=O) groups excluding carboxylic acids is 2. The molecule has 0 bridgehead atoms. The first-order valence-corrected chi connectivity index (χ1v) is 12.3. The molecule has 0 heterocycles. The number of hydrogen-bond donors (Lipinski definition) is 3. The Labute approximate surface area is 209 Å². The molecule has 2 rings (SSSR count). The molecule has 0 aliphatic rings. The highest BCUT2D eigenvalue weighted by Crippen LogP contribution is 2.12. The Morgan fingerprint density at radius 1 is 0.971 bits per heavy atom. The standard InChI is InChI=1S/C28H41N3O4/c1-21(2)16-17-31(26(33)30-28(3,4)5)19-25(32)24(18-22-12-8-6-9-13-22)29-27(34)35-20-23-14-10-7-11-15-23/h6-15,21,24-25,32H,16-20H2,1-5H3,(H,29,34)(H,30,33)/t24-,25+/m0/s1. The predicted molar refractivity (Wildman–Crippen MR) is 139 cm³/mol. The summed E-state index contributed by atoms with van der Waals surface area (Å²) in [5.41, 5.74) is 1.44. The van der Waals surface area contributed by atoms with Crippen molar-refractivity contribution in [2.45, 2.75) is 71.8 Å². The summed E-state index contributed by atoms with van der Waals surface area (Å²) < 4.78 is 5.39. The molecule has 0 saturated heterocycles. The number of rotatable bonds is 11. The van der Waals surface area contributed by atoms with Crippen LogP contribution in [0.1, 0.15) is 52.2 Å². The van der Waals surface area contributed by atoms with Crippen LogP contribution >= 0.6 is 0 Å². The Kier molecular flexibility index (Phi) is 11.1. The lowest BCUT2D eigenvalue weighted by Gasteiger charge is -2.33. The van der Waals surface area contributed by atoms with Crippen molar-refractivity contribution in [1.82, 2.24) is 15.5 Å². The van der Waals surface area contributed by atoms with Crippen molar-refractivity contribution in [1.29, 1.82) is 0 Å². The molecule has 3 N–H and O–H groups in total. The monoisotopic (exact) mass is 483 g/mol. The van der Waals surface area contributed by atoms with Gasteiger partial charge in [0.05, 0.1) is 18.7 Å². The van der Waals surface area contributed by atoms with Crippen LogP contribution < -0.4 is 10.6 Å². The van der Waals surface area contributed by atoms with Crippen LogP contribution in [0.5, 0.6) is 0 Å². The van der Waals surface area contributed by atoms with E-state index in [1.807, 2.05) is 81.4 Å². The van der Waals surface area contributed by atoms with E-state index in [-0.39, 0.29) is 19.2 Å². The first-order valence-electron chi connectivity index (χ1n) is 12.3. The molecule has 0 fully saturated rings. The first-order chi connectivity index (χ1) is 16.5. The quantitative estimate of drug-likeness (QED) is 0.431. The highest BCUT2D eigenvalue weighted by atomic mass is 16.5. The Hall–Kier alpha value is -3.06. The first kappa shape index (κ1) is 28.2. The SMILES string of the molecule is CC(C)CCN(C[C@@H](O)[C@H](Cc1ccccc1)NC(=O)OCc1ccccc1)C(=O)NC(C)(C)C. The Balaban J connectivity index is 2.12. The average molecular weight is 484 g/mol. The van der Waals surface area contributed by atoms with Gasteiger partial charge in [-0.25, -0.2) is 9.59 Å². The van der Waals surface area contributed by atoms with Gasteiger partial charge in [0.2, 0.25) is 0 Å². The number of carbonyl (C=O) groups is 2. The molecule has 7 nitrogen and oxygen atoms in total. The van der Waals surface area contributed by atoms with E-state index in [2.05, 4.69) is 24.5 Å². The van der Waals surface area contributed by atoms with Crippen LogP contribution in [0.3, 0.4) is 0 Å². The fourth-order valence-electron chi connectivity index (χ4n) is 3.51. The Bertz CT molecular complexity index is 897. The van der Waals surface area contributed by atoms with E-state index in [1.54, 1.807) is 4.90 Å². The summed E-state index contributed by atoms with van der Waals surface area (Å²) in [6.45, 7) is 10.7. The lowest BCUT2D eigenvalue weighted by atomic mass is 10.0. The van der Waals surface area contributed by atoms with E-state index in [1.165, 1.54) is 0 Å². The van der Waals surface area contributed by atoms with Gasteiger partial charge >= 0.3 is 12.1 Å². The van der Waals surface area contributed by atoms with E-state index in [0.717, 1.165) is 17.5 Å².